The number of ketones is 1. The largest absolute Gasteiger partial charge is 0.388 e. The molecule has 0 bridgehead atoms. The van der Waals surface area contributed by atoms with Gasteiger partial charge in [0.05, 0.1) is 0 Å². The Morgan fingerprint density at radius 3 is 2.40 bits per heavy atom. The molecule has 0 aliphatic heterocycles. The molecule has 0 unspecified atom stereocenters. The molecule has 132 valence electrons. The van der Waals surface area contributed by atoms with E-state index < -0.39 is 30.2 Å². The number of hydrogen-bond donors (Lipinski definition) is 3. The molecule has 1 amide bonds. The first-order valence-corrected chi connectivity index (χ1v) is 8.03. The van der Waals surface area contributed by atoms with Crippen LogP contribution in [0, 0.1) is 5.82 Å². The summed E-state index contributed by atoms with van der Waals surface area (Å²) in [4.78, 5) is 23.6. The van der Waals surface area contributed by atoms with Gasteiger partial charge in [-0.1, -0.05) is 37.3 Å². The molecular formula is C19H21FN2O3. The number of aliphatic hydroxyl groups is 1. The summed E-state index contributed by atoms with van der Waals surface area (Å²) in [6.07, 6.45) is 0.900. The Morgan fingerprint density at radius 1 is 1.20 bits per heavy atom. The summed E-state index contributed by atoms with van der Waals surface area (Å²) < 4.78 is 14.4. The Morgan fingerprint density at radius 2 is 1.88 bits per heavy atom. The molecule has 6 heteroatoms. The number of aliphatic hydroxyl groups excluding tert-OH is 1. The van der Waals surface area contributed by atoms with E-state index in [9.17, 15) is 14.0 Å². The molecule has 0 saturated heterocycles. The topological polar surface area (TPSA) is 92.4 Å². The molecule has 2 aromatic carbocycles. The third-order valence-corrected chi connectivity index (χ3v) is 3.99. The minimum absolute atomic E-state index is 0.0793. The standard InChI is InChI=1S/C19H21FN2O3/c1-2-12-3-5-13(6-4-12)15-8-7-14(9-16(15)20)19(25)22-17(10-21)18(24)11-23/h3-9,17,23H,2,10-11,21H2,1H3,(H,22,25)/t17-/m0/s1. The summed E-state index contributed by atoms with van der Waals surface area (Å²) in [5.41, 5.74) is 7.75. The predicted octanol–water partition coefficient (Wildman–Crippen LogP) is 1.67. The van der Waals surface area contributed by atoms with Crippen LogP contribution in [-0.4, -0.2) is 36.0 Å². The lowest BCUT2D eigenvalue weighted by atomic mass is 10.0. The monoisotopic (exact) mass is 344 g/mol. The van der Waals surface area contributed by atoms with Crippen molar-refractivity contribution in [3.63, 3.8) is 0 Å². The van der Waals surface area contributed by atoms with Crippen molar-refractivity contribution < 1.29 is 19.1 Å². The fourth-order valence-corrected chi connectivity index (χ4v) is 2.43. The highest BCUT2D eigenvalue weighted by Gasteiger charge is 2.19. The van der Waals surface area contributed by atoms with E-state index in [1.165, 1.54) is 12.1 Å². The zero-order valence-corrected chi connectivity index (χ0v) is 14.0. The van der Waals surface area contributed by atoms with E-state index in [1.807, 2.05) is 31.2 Å². The van der Waals surface area contributed by atoms with E-state index in [2.05, 4.69) is 5.32 Å². The molecule has 2 aromatic rings. The molecule has 0 aromatic heterocycles. The number of carbonyl (C=O) groups excluding carboxylic acids is 2. The van der Waals surface area contributed by atoms with Crippen molar-refractivity contribution in [3.05, 3.63) is 59.4 Å². The van der Waals surface area contributed by atoms with E-state index in [0.29, 0.717) is 5.56 Å². The van der Waals surface area contributed by atoms with Crippen molar-refractivity contribution in [2.24, 2.45) is 5.73 Å². The highest BCUT2D eigenvalue weighted by Crippen LogP contribution is 2.24. The third kappa shape index (κ3) is 4.49. The average Bonchev–Trinajstić information content (AvgIpc) is 2.65. The van der Waals surface area contributed by atoms with Crippen LogP contribution in [0.25, 0.3) is 11.1 Å². The second-order valence-electron chi connectivity index (χ2n) is 5.63. The Hall–Kier alpha value is -2.57. The second kappa shape index (κ2) is 8.50. The summed E-state index contributed by atoms with van der Waals surface area (Å²) >= 11 is 0. The maximum atomic E-state index is 14.4. The normalized spacial score (nSPS) is 11.8. The van der Waals surface area contributed by atoms with Crippen LogP contribution in [0.5, 0.6) is 0 Å². The van der Waals surface area contributed by atoms with Gasteiger partial charge in [0.2, 0.25) is 0 Å². The molecule has 0 fully saturated rings. The van der Waals surface area contributed by atoms with Gasteiger partial charge in [-0.05, 0) is 29.7 Å². The Balaban J connectivity index is 2.20. The van der Waals surface area contributed by atoms with E-state index in [1.54, 1.807) is 0 Å². The zero-order chi connectivity index (χ0) is 18.4. The number of benzene rings is 2. The average molecular weight is 344 g/mol. The fourth-order valence-electron chi connectivity index (χ4n) is 2.43. The third-order valence-electron chi connectivity index (χ3n) is 3.99. The van der Waals surface area contributed by atoms with Gasteiger partial charge in [0.1, 0.15) is 18.5 Å². The van der Waals surface area contributed by atoms with Gasteiger partial charge in [0, 0.05) is 17.7 Å². The van der Waals surface area contributed by atoms with Crippen molar-refractivity contribution in [3.8, 4) is 11.1 Å². The number of nitrogens with two attached hydrogens (primary N) is 1. The van der Waals surface area contributed by atoms with Crippen LogP contribution in [0.4, 0.5) is 4.39 Å². The van der Waals surface area contributed by atoms with Gasteiger partial charge in [-0.25, -0.2) is 4.39 Å². The van der Waals surface area contributed by atoms with Crippen molar-refractivity contribution in [2.75, 3.05) is 13.2 Å². The highest BCUT2D eigenvalue weighted by molar-refractivity contribution is 5.98. The number of Topliss-reactive ketones (excluding diaryl/α,β-unsaturated/α-hetero) is 1. The second-order valence-corrected chi connectivity index (χ2v) is 5.63. The van der Waals surface area contributed by atoms with Crippen LogP contribution in [-0.2, 0) is 11.2 Å². The van der Waals surface area contributed by atoms with Crippen molar-refractivity contribution in [2.45, 2.75) is 19.4 Å². The van der Waals surface area contributed by atoms with Crippen LogP contribution in [0.2, 0.25) is 0 Å². The molecule has 0 spiro atoms. The van der Waals surface area contributed by atoms with Gasteiger partial charge in [-0.15, -0.1) is 0 Å². The molecule has 2 rings (SSSR count). The van der Waals surface area contributed by atoms with Crippen molar-refractivity contribution >= 4 is 11.7 Å². The lowest BCUT2D eigenvalue weighted by Crippen LogP contribution is -2.46. The smallest absolute Gasteiger partial charge is 0.252 e. The highest BCUT2D eigenvalue weighted by atomic mass is 19.1. The Kier molecular flexibility index (Phi) is 6.38. The molecule has 0 heterocycles. The van der Waals surface area contributed by atoms with Crippen LogP contribution in [0.15, 0.2) is 42.5 Å². The summed E-state index contributed by atoms with van der Waals surface area (Å²) in [7, 11) is 0. The van der Waals surface area contributed by atoms with Gasteiger partial charge in [0.25, 0.3) is 5.91 Å². The maximum Gasteiger partial charge on any atom is 0.252 e. The number of rotatable bonds is 7. The molecule has 25 heavy (non-hydrogen) atoms. The van der Waals surface area contributed by atoms with E-state index in [0.717, 1.165) is 23.6 Å². The molecule has 1 atom stereocenters. The summed E-state index contributed by atoms with van der Waals surface area (Å²) in [5, 5.41) is 11.2. The Bertz CT molecular complexity index is 760. The summed E-state index contributed by atoms with van der Waals surface area (Å²) in [5.74, 6) is -1.75. The maximum absolute atomic E-state index is 14.4. The van der Waals surface area contributed by atoms with Crippen molar-refractivity contribution in [1.29, 1.82) is 0 Å². The first-order valence-electron chi connectivity index (χ1n) is 8.03. The number of halogens is 1. The van der Waals surface area contributed by atoms with Crippen LogP contribution in [0.1, 0.15) is 22.8 Å². The van der Waals surface area contributed by atoms with Gasteiger partial charge < -0.3 is 16.2 Å². The van der Waals surface area contributed by atoms with Crippen LogP contribution >= 0.6 is 0 Å². The van der Waals surface area contributed by atoms with Crippen LogP contribution < -0.4 is 11.1 Å². The van der Waals surface area contributed by atoms with Gasteiger partial charge >= 0.3 is 0 Å². The molecule has 4 N–H and O–H groups in total. The summed E-state index contributed by atoms with van der Waals surface area (Å²) in [6, 6.07) is 10.7. The predicted molar refractivity (Wildman–Crippen MR) is 93.6 cm³/mol. The van der Waals surface area contributed by atoms with Gasteiger partial charge in [-0.3, -0.25) is 9.59 Å². The lowest BCUT2D eigenvalue weighted by molar-refractivity contribution is -0.123. The molecule has 0 aliphatic carbocycles. The minimum Gasteiger partial charge on any atom is -0.388 e. The molecule has 0 saturated carbocycles. The summed E-state index contributed by atoms with van der Waals surface area (Å²) in [6.45, 7) is 1.18. The van der Waals surface area contributed by atoms with E-state index in [-0.39, 0.29) is 12.1 Å². The number of nitrogens with one attached hydrogen (secondary N) is 1. The zero-order valence-electron chi connectivity index (χ0n) is 14.0. The van der Waals surface area contributed by atoms with E-state index >= 15 is 0 Å². The number of amides is 1. The van der Waals surface area contributed by atoms with Crippen LogP contribution in [0.3, 0.4) is 0 Å². The molecule has 0 aliphatic rings. The quantitative estimate of drug-likeness (QED) is 0.712. The molecule has 0 radical (unpaired) electrons. The lowest BCUT2D eigenvalue weighted by Gasteiger charge is -2.15. The number of hydrogen-bond acceptors (Lipinski definition) is 4. The fraction of sp³-hybridized carbons (Fsp3) is 0.263. The number of aryl methyl sites for hydroxylation is 1. The van der Waals surface area contributed by atoms with E-state index in [4.69, 9.17) is 10.8 Å². The van der Waals surface area contributed by atoms with Crippen molar-refractivity contribution in [1.82, 2.24) is 5.32 Å². The SMILES string of the molecule is CCc1ccc(-c2ccc(C(=O)N[C@@H](CN)C(=O)CO)cc2F)cc1. The molecule has 5 nitrogen and oxygen atoms in total. The minimum atomic E-state index is -0.998. The first-order chi connectivity index (χ1) is 12.0. The Labute approximate surface area is 145 Å². The van der Waals surface area contributed by atoms with Gasteiger partial charge in [-0.2, -0.15) is 0 Å². The number of carbonyl (C=O) groups is 2. The first kappa shape index (κ1) is 18.8. The van der Waals surface area contributed by atoms with Gasteiger partial charge in [0.15, 0.2) is 5.78 Å². The molecular weight excluding hydrogens is 323 g/mol.